The molecule has 0 unspecified atom stereocenters. The van der Waals surface area contributed by atoms with E-state index >= 15 is 0 Å². The van der Waals surface area contributed by atoms with Gasteiger partial charge in [0.1, 0.15) is 6.10 Å². The molecule has 2 aromatic carbocycles. The molecule has 1 heterocycles. The van der Waals surface area contributed by atoms with Crippen LogP contribution in [-0.2, 0) is 14.2 Å². The van der Waals surface area contributed by atoms with Crippen molar-refractivity contribution in [3.05, 3.63) is 71.8 Å². The van der Waals surface area contributed by atoms with Gasteiger partial charge in [-0.25, -0.2) is 9.59 Å². The largest absolute Gasteiger partial charge is 0.452 e. The fourth-order valence-electron chi connectivity index (χ4n) is 2.65. The second-order valence-electron chi connectivity index (χ2n) is 5.72. The average Bonchev–Trinajstić information content (AvgIpc) is 2.98. The summed E-state index contributed by atoms with van der Waals surface area (Å²) in [5.41, 5.74) is 0.569. The maximum Gasteiger partial charge on any atom is 0.338 e. The van der Waals surface area contributed by atoms with Gasteiger partial charge in [-0.2, -0.15) is 0 Å². The lowest BCUT2D eigenvalue weighted by molar-refractivity contribution is -0.135. The zero-order chi connectivity index (χ0) is 18.5. The highest BCUT2D eigenvalue weighted by atomic mass is 16.7. The van der Waals surface area contributed by atoms with E-state index in [2.05, 4.69) is 0 Å². The minimum atomic E-state index is -1.52. The standard InChI is InChI=1S/C19H18O7/c20-11-14-15(25-17(21)12-7-3-1-4-8-12)16(19(23)24-14)26-18(22)13-9-5-2-6-10-13/h1-10,14-16,19-20,23H,11H2/t14-,15-,16+,19+/m1/s1. The number of hydrogen-bond donors (Lipinski definition) is 2. The number of carbonyl (C=O) groups excluding carboxylic acids is 2. The van der Waals surface area contributed by atoms with Crippen LogP contribution in [0.5, 0.6) is 0 Å². The van der Waals surface area contributed by atoms with Gasteiger partial charge in [-0.05, 0) is 24.3 Å². The van der Waals surface area contributed by atoms with Gasteiger partial charge in [-0.3, -0.25) is 0 Å². The van der Waals surface area contributed by atoms with Crippen molar-refractivity contribution in [3.8, 4) is 0 Å². The highest BCUT2D eigenvalue weighted by molar-refractivity contribution is 5.90. The van der Waals surface area contributed by atoms with Gasteiger partial charge in [0.05, 0.1) is 17.7 Å². The number of aliphatic hydroxyl groups is 2. The molecule has 0 bridgehead atoms. The maximum atomic E-state index is 12.3. The molecular formula is C19H18O7. The molecule has 1 fully saturated rings. The second-order valence-corrected chi connectivity index (χ2v) is 5.72. The lowest BCUT2D eigenvalue weighted by Crippen LogP contribution is -2.41. The molecule has 2 N–H and O–H groups in total. The quantitative estimate of drug-likeness (QED) is 0.773. The molecule has 0 amide bonds. The van der Waals surface area contributed by atoms with E-state index < -0.39 is 43.1 Å². The Morgan fingerprint density at radius 2 is 1.31 bits per heavy atom. The van der Waals surface area contributed by atoms with Gasteiger partial charge >= 0.3 is 11.9 Å². The summed E-state index contributed by atoms with van der Waals surface area (Å²) in [7, 11) is 0. The van der Waals surface area contributed by atoms with Crippen molar-refractivity contribution in [2.75, 3.05) is 6.61 Å². The zero-order valence-electron chi connectivity index (χ0n) is 13.7. The summed E-state index contributed by atoms with van der Waals surface area (Å²) in [6.07, 6.45) is -4.93. The Labute approximate surface area is 149 Å². The van der Waals surface area contributed by atoms with Crippen molar-refractivity contribution in [1.29, 1.82) is 0 Å². The lowest BCUT2D eigenvalue weighted by Gasteiger charge is -2.22. The summed E-state index contributed by atoms with van der Waals surface area (Å²) in [6, 6.07) is 16.4. The smallest absolute Gasteiger partial charge is 0.338 e. The molecule has 1 aliphatic heterocycles. The Kier molecular flexibility index (Phi) is 5.62. The fraction of sp³-hybridized carbons (Fsp3) is 0.263. The lowest BCUT2D eigenvalue weighted by atomic mass is 10.1. The highest BCUT2D eigenvalue weighted by Crippen LogP contribution is 2.27. The van der Waals surface area contributed by atoms with Crippen LogP contribution in [0, 0.1) is 0 Å². The van der Waals surface area contributed by atoms with Gasteiger partial charge in [-0.15, -0.1) is 0 Å². The molecule has 2 aromatic rings. The first-order valence-corrected chi connectivity index (χ1v) is 8.06. The first-order valence-electron chi connectivity index (χ1n) is 8.06. The van der Waals surface area contributed by atoms with Crippen LogP contribution in [0.15, 0.2) is 60.7 Å². The first-order chi connectivity index (χ1) is 12.6. The molecule has 0 saturated carbocycles. The number of hydrogen-bond acceptors (Lipinski definition) is 7. The predicted octanol–water partition coefficient (Wildman–Crippen LogP) is 1.15. The second kappa shape index (κ2) is 8.09. The van der Waals surface area contributed by atoms with Crippen LogP contribution in [0.3, 0.4) is 0 Å². The summed E-state index contributed by atoms with van der Waals surface area (Å²) >= 11 is 0. The SMILES string of the molecule is O=C(O[C@H]1[C@H](OC(=O)c2ccccc2)[C@@H](CO)O[C@@H]1O)c1ccccc1. The Balaban J connectivity index is 1.76. The van der Waals surface area contributed by atoms with Gasteiger partial charge in [0, 0.05) is 0 Å². The fourth-order valence-corrected chi connectivity index (χ4v) is 2.65. The van der Waals surface area contributed by atoms with Crippen LogP contribution in [-0.4, -0.2) is 53.4 Å². The van der Waals surface area contributed by atoms with Crippen LogP contribution in [0.2, 0.25) is 0 Å². The Hall–Kier alpha value is -2.74. The third-order valence-corrected chi connectivity index (χ3v) is 3.97. The molecular weight excluding hydrogens is 340 g/mol. The number of rotatable bonds is 5. The topological polar surface area (TPSA) is 102 Å². The minimum absolute atomic E-state index is 0.278. The van der Waals surface area contributed by atoms with E-state index in [0.717, 1.165) is 0 Å². The van der Waals surface area contributed by atoms with Gasteiger partial charge < -0.3 is 24.4 Å². The number of esters is 2. The third kappa shape index (κ3) is 3.91. The maximum absolute atomic E-state index is 12.3. The molecule has 26 heavy (non-hydrogen) atoms. The molecule has 1 saturated heterocycles. The summed E-state index contributed by atoms with van der Waals surface area (Å²) in [5, 5.41) is 19.5. The van der Waals surface area contributed by atoms with Crippen molar-refractivity contribution < 1.29 is 34.0 Å². The summed E-state index contributed by atoms with van der Waals surface area (Å²) < 4.78 is 15.8. The van der Waals surface area contributed by atoms with Crippen molar-refractivity contribution in [2.45, 2.75) is 24.6 Å². The number of benzene rings is 2. The molecule has 7 nitrogen and oxygen atoms in total. The van der Waals surface area contributed by atoms with Crippen LogP contribution < -0.4 is 0 Å². The van der Waals surface area contributed by atoms with Crippen molar-refractivity contribution in [1.82, 2.24) is 0 Å². The number of aliphatic hydroxyl groups excluding tert-OH is 2. The average molecular weight is 358 g/mol. The van der Waals surface area contributed by atoms with E-state index in [-0.39, 0.29) is 5.56 Å². The minimum Gasteiger partial charge on any atom is -0.452 e. The van der Waals surface area contributed by atoms with Gasteiger partial charge in [0.25, 0.3) is 0 Å². The van der Waals surface area contributed by atoms with E-state index in [1.807, 2.05) is 0 Å². The Morgan fingerprint density at radius 3 is 1.77 bits per heavy atom. The number of carbonyl (C=O) groups is 2. The third-order valence-electron chi connectivity index (χ3n) is 3.97. The van der Waals surface area contributed by atoms with Crippen LogP contribution in [0.1, 0.15) is 20.7 Å². The van der Waals surface area contributed by atoms with Gasteiger partial charge in [0.2, 0.25) is 0 Å². The van der Waals surface area contributed by atoms with Crippen molar-refractivity contribution in [3.63, 3.8) is 0 Å². The van der Waals surface area contributed by atoms with Crippen molar-refractivity contribution >= 4 is 11.9 Å². The molecule has 7 heteroatoms. The molecule has 0 radical (unpaired) electrons. The van der Waals surface area contributed by atoms with E-state index in [0.29, 0.717) is 5.56 Å². The number of ether oxygens (including phenoxy) is 3. The van der Waals surface area contributed by atoms with Crippen molar-refractivity contribution in [2.24, 2.45) is 0 Å². The van der Waals surface area contributed by atoms with E-state index in [1.165, 1.54) is 0 Å². The van der Waals surface area contributed by atoms with E-state index in [9.17, 15) is 19.8 Å². The molecule has 3 rings (SSSR count). The molecule has 136 valence electrons. The zero-order valence-corrected chi connectivity index (χ0v) is 13.7. The Morgan fingerprint density at radius 1 is 0.846 bits per heavy atom. The molecule has 0 aromatic heterocycles. The highest BCUT2D eigenvalue weighted by Gasteiger charge is 2.49. The van der Waals surface area contributed by atoms with Gasteiger partial charge in [-0.1, -0.05) is 36.4 Å². The summed E-state index contributed by atoms with van der Waals surface area (Å²) in [4.78, 5) is 24.5. The molecule has 0 spiro atoms. The van der Waals surface area contributed by atoms with Crippen LogP contribution in [0.4, 0.5) is 0 Å². The Bertz CT molecular complexity index is 747. The monoisotopic (exact) mass is 358 g/mol. The van der Waals surface area contributed by atoms with E-state index in [4.69, 9.17) is 14.2 Å². The summed E-state index contributed by atoms with van der Waals surface area (Å²) in [6.45, 7) is -0.511. The normalized spacial score (nSPS) is 24.8. The van der Waals surface area contributed by atoms with Gasteiger partial charge in [0.15, 0.2) is 18.5 Å². The first kappa shape index (κ1) is 18.1. The van der Waals surface area contributed by atoms with Crippen LogP contribution >= 0.6 is 0 Å². The van der Waals surface area contributed by atoms with E-state index in [1.54, 1.807) is 60.7 Å². The van der Waals surface area contributed by atoms with Crippen LogP contribution in [0.25, 0.3) is 0 Å². The summed E-state index contributed by atoms with van der Waals surface area (Å²) in [5.74, 6) is -1.37. The molecule has 0 aliphatic carbocycles. The molecule has 4 atom stereocenters. The predicted molar refractivity (Wildman–Crippen MR) is 89.3 cm³/mol. The molecule has 1 aliphatic rings.